The van der Waals surface area contributed by atoms with E-state index in [0.717, 1.165) is 11.3 Å². The van der Waals surface area contributed by atoms with Crippen LogP contribution in [-0.2, 0) is 4.79 Å². The van der Waals surface area contributed by atoms with Crippen molar-refractivity contribution in [1.29, 1.82) is 0 Å². The Kier molecular flexibility index (Phi) is 6.46. The largest absolute Gasteiger partial charge is 0.392 e. The Morgan fingerprint density at radius 3 is 2.55 bits per heavy atom. The van der Waals surface area contributed by atoms with Gasteiger partial charge in [-0.05, 0) is 51.5 Å². The van der Waals surface area contributed by atoms with E-state index in [4.69, 9.17) is 11.6 Å². The van der Waals surface area contributed by atoms with Gasteiger partial charge in [0.1, 0.15) is 0 Å². The summed E-state index contributed by atoms with van der Waals surface area (Å²) in [6.45, 7) is 8.36. The number of nitrogens with one attached hydrogen (secondary N) is 1. The van der Waals surface area contributed by atoms with Gasteiger partial charge in [0.2, 0.25) is 5.91 Å². The Hall–Kier alpha value is -1.10. The summed E-state index contributed by atoms with van der Waals surface area (Å²) in [5, 5.41) is 13.0. The second-order valence-electron chi connectivity index (χ2n) is 5.38. The summed E-state index contributed by atoms with van der Waals surface area (Å²) in [5.74, 6) is -0.0928. The van der Waals surface area contributed by atoms with Crippen LogP contribution in [0.5, 0.6) is 0 Å². The number of hydrogen-bond donors (Lipinski definition) is 2. The van der Waals surface area contributed by atoms with Crippen LogP contribution in [0.25, 0.3) is 0 Å². The Bertz CT molecular complexity index is 461. The lowest BCUT2D eigenvalue weighted by Gasteiger charge is -2.27. The van der Waals surface area contributed by atoms with Crippen molar-refractivity contribution in [3.8, 4) is 0 Å². The summed E-state index contributed by atoms with van der Waals surface area (Å²) in [6.07, 6.45) is -0.456. The first kappa shape index (κ1) is 17.0. The van der Waals surface area contributed by atoms with Gasteiger partial charge in [-0.3, -0.25) is 9.69 Å². The smallest absolute Gasteiger partial charge is 0.238 e. The molecule has 1 aromatic rings. The van der Waals surface area contributed by atoms with Gasteiger partial charge in [-0.15, -0.1) is 0 Å². The number of halogens is 1. The minimum Gasteiger partial charge on any atom is -0.392 e. The first-order valence-electron chi connectivity index (χ1n) is 6.77. The van der Waals surface area contributed by atoms with E-state index in [1.165, 1.54) is 0 Å². The first-order valence-corrected chi connectivity index (χ1v) is 7.15. The molecule has 2 N–H and O–H groups in total. The molecular formula is C15H23ClN2O2. The fraction of sp³-hybridized carbons (Fsp3) is 0.533. The minimum atomic E-state index is -0.456. The number of amides is 1. The average molecular weight is 299 g/mol. The molecule has 1 atom stereocenters. The molecule has 0 aromatic heterocycles. The number of nitrogens with zero attached hydrogens (tertiary/aromatic N) is 1. The van der Waals surface area contributed by atoms with Crippen LogP contribution in [0.15, 0.2) is 18.2 Å². The monoisotopic (exact) mass is 298 g/mol. The zero-order valence-electron chi connectivity index (χ0n) is 12.5. The number of aryl methyl sites for hydroxylation is 1. The Morgan fingerprint density at radius 1 is 1.40 bits per heavy atom. The molecule has 20 heavy (non-hydrogen) atoms. The van der Waals surface area contributed by atoms with Crippen molar-refractivity contribution in [2.75, 3.05) is 18.4 Å². The molecule has 0 aliphatic heterocycles. The standard InChI is InChI=1S/C15H23ClN2O2/c1-10(2)18(8-12(4)19)9-15(20)17-14-6-5-13(16)7-11(14)3/h5-7,10,12,19H,8-9H2,1-4H3,(H,17,20). The predicted molar refractivity (Wildman–Crippen MR) is 83.2 cm³/mol. The van der Waals surface area contributed by atoms with E-state index in [9.17, 15) is 9.90 Å². The molecule has 0 bridgehead atoms. The highest BCUT2D eigenvalue weighted by Crippen LogP contribution is 2.19. The van der Waals surface area contributed by atoms with E-state index < -0.39 is 6.10 Å². The third-order valence-corrected chi connectivity index (χ3v) is 3.27. The predicted octanol–water partition coefficient (Wildman–Crippen LogP) is 2.68. The minimum absolute atomic E-state index is 0.0928. The van der Waals surface area contributed by atoms with Gasteiger partial charge in [-0.2, -0.15) is 0 Å². The van der Waals surface area contributed by atoms with E-state index in [1.807, 2.05) is 31.7 Å². The lowest BCUT2D eigenvalue weighted by molar-refractivity contribution is -0.118. The van der Waals surface area contributed by atoms with Crippen molar-refractivity contribution < 1.29 is 9.90 Å². The maximum absolute atomic E-state index is 12.1. The van der Waals surface area contributed by atoms with Crippen LogP contribution in [0, 0.1) is 6.92 Å². The molecule has 1 unspecified atom stereocenters. The molecule has 112 valence electrons. The molecule has 0 heterocycles. The fourth-order valence-electron chi connectivity index (χ4n) is 1.94. The summed E-state index contributed by atoms with van der Waals surface area (Å²) >= 11 is 5.89. The van der Waals surface area contributed by atoms with Gasteiger partial charge in [0.15, 0.2) is 0 Å². The summed E-state index contributed by atoms with van der Waals surface area (Å²) in [7, 11) is 0. The van der Waals surface area contributed by atoms with Gasteiger partial charge in [0.25, 0.3) is 0 Å². The molecule has 1 rings (SSSR count). The van der Waals surface area contributed by atoms with Crippen molar-refractivity contribution in [2.45, 2.75) is 39.8 Å². The van der Waals surface area contributed by atoms with Crippen molar-refractivity contribution in [3.63, 3.8) is 0 Å². The molecule has 0 spiro atoms. The molecule has 4 nitrogen and oxygen atoms in total. The summed E-state index contributed by atoms with van der Waals surface area (Å²) in [5.41, 5.74) is 1.69. The number of aliphatic hydroxyl groups excluding tert-OH is 1. The van der Waals surface area contributed by atoms with Gasteiger partial charge in [0.05, 0.1) is 12.6 Å². The fourth-order valence-corrected chi connectivity index (χ4v) is 2.17. The van der Waals surface area contributed by atoms with E-state index in [1.54, 1.807) is 19.1 Å². The molecule has 0 aliphatic rings. The van der Waals surface area contributed by atoms with Crippen LogP contribution in [0.2, 0.25) is 5.02 Å². The van der Waals surface area contributed by atoms with Crippen LogP contribution in [-0.4, -0.2) is 41.1 Å². The van der Waals surface area contributed by atoms with E-state index in [-0.39, 0.29) is 18.5 Å². The number of aliphatic hydroxyl groups is 1. The molecule has 0 saturated heterocycles. The third kappa shape index (κ3) is 5.49. The SMILES string of the molecule is Cc1cc(Cl)ccc1NC(=O)CN(CC(C)O)C(C)C. The highest BCUT2D eigenvalue weighted by Gasteiger charge is 2.16. The maximum Gasteiger partial charge on any atom is 0.238 e. The first-order chi connectivity index (χ1) is 9.29. The van der Waals surface area contributed by atoms with Gasteiger partial charge < -0.3 is 10.4 Å². The quantitative estimate of drug-likeness (QED) is 0.849. The molecule has 0 radical (unpaired) electrons. The molecule has 1 amide bonds. The number of benzene rings is 1. The molecule has 0 aliphatic carbocycles. The number of carbonyl (C=O) groups excluding carboxylic acids is 1. The molecule has 1 aromatic carbocycles. The van der Waals surface area contributed by atoms with Crippen molar-refractivity contribution in [1.82, 2.24) is 4.90 Å². The van der Waals surface area contributed by atoms with Crippen molar-refractivity contribution in [3.05, 3.63) is 28.8 Å². The second kappa shape index (κ2) is 7.62. The Morgan fingerprint density at radius 2 is 2.05 bits per heavy atom. The normalized spacial score (nSPS) is 12.8. The topological polar surface area (TPSA) is 52.6 Å². The summed E-state index contributed by atoms with van der Waals surface area (Å²) < 4.78 is 0. The van der Waals surface area contributed by atoms with Crippen LogP contribution < -0.4 is 5.32 Å². The highest BCUT2D eigenvalue weighted by atomic mass is 35.5. The number of hydrogen-bond acceptors (Lipinski definition) is 3. The number of anilines is 1. The van der Waals surface area contributed by atoms with Crippen LogP contribution in [0.3, 0.4) is 0 Å². The van der Waals surface area contributed by atoms with E-state index in [0.29, 0.717) is 11.6 Å². The highest BCUT2D eigenvalue weighted by molar-refractivity contribution is 6.30. The van der Waals surface area contributed by atoms with Gasteiger partial charge in [-0.1, -0.05) is 11.6 Å². The van der Waals surface area contributed by atoms with E-state index in [2.05, 4.69) is 5.32 Å². The zero-order chi connectivity index (χ0) is 15.3. The van der Waals surface area contributed by atoms with Crippen molar-refractivity contribution >= 4 is 23.2 Å². The lowest BCUT2D eigenvalue weighted by atomic mass is 10.2. The van der Waals surface area contributed by atoms with Crippen LogP contribution in [0.1, 0.15) is 26.3 Å². The second-order valence-corrected chi connectivity index (χ2v) is 5.82. The number of carbonyl (C=O) groups is 1. The summed E-state index contributed by atoms with van der Waals surface area (Å²) in [4.78, 5) is 14.0. The zero-order valence-corrected chi connectivity index (χ0v) is 13.2. The molecule has 0 saturated carbocycles. The van der Waals surface area contributed by atoms with Crippen molar-refractivity contribution in [2.24, 2.45) is 0 Å². The lowest BCUT2D eigenvalue weighted by Crippen LogP contribution is -2.41. The molecular weight excluding hydrogens is 276 g/mol. The van der Waals surface area contributed by atoms with Crippen LogP contribution >= 0.6 is 11.6 Å². The maximum atomic E-state index is 12.1. The van der Waals surface area contributed by atoms with E-state index >= 15 is 0 Å². The number of rotatable bonds is 6. The van der Waals surface area contributed by atoms with Crippen LogP contribution in [0.4, 0.5) is 5.69 Å². The van der Waals surface area contributed by atoms with Gasteiger partial charge >= 0.3 is 0 Å². The average Bonchev–Trinajstić information content (AvgIpc) is 2.31. The third-order valence-electron chi connectivity index (χ3n) is 3.04. The Balaban J connectivity index is 2.65. The van der Waals surface area contributed by atoms with Gasteiger partial charge in [0, 0.05) is 23.3 Å². The summed E-state index contributed by atoms with van der Waals surface area (Å²) in [6, 6.07) is 5.55. The molecule has 0 fully saturated rings. The van der Waals surface area contributed by atoms with Gasteiger partial charge in [-0.25, -0.2) is 0 Å². The molecule has 5 heteroatoms. The Labute approximate surface area is 125 Å².